The van der Waals surface area contributed by atoms with Gasteiger partial charge in [-0.3, -0.25) is 9.69 Å². The fourth-order valence-corrected chi connectivity index (χ4v) is 1.50. The zero-order chi connectivity index (χ0) is 10.6. The number of hydrogen-bond donors (Lipinski definition) is 1. The van der Waals surface area contributed by atoms with Crippen LogP contribution in [0.25, 0.3) is 0 Å². The molecule has 16 heavy (non-hydrogen) atoms. The number of halogens is 4. The van der Waals surface area contributed by atoms with E-state index in [9.17, 15) is 13.6 Å². The van der Waals surface area contributed by atoms with Gasteiger partial charge >= 0.3 is 0 Å². The molecule has 0 saturated carbocycles. The van der Waals surface area contributed by atoms with Gasteiger partial charge < -0.3 is 10.6 Å². The number of carbonyl (C=O) groups is 1. The van der Waals surface area contributed by atoms with Crippen LogP contribution >= 0.6 is 24.8 Å². The SMILES string of the molecule is Cl.Cl.NCC(=O)N1CCN(CC(F)F)CC1. The molecule has 8 heteroatoms. The molecule has 1 saturated heterocycles. The zero-order valence-electron chi connectivity index (χ0n) is 8.77. The van der Waals surface area contributed by atoms with E-state index < -0.39 is 6.43 Å². The summed E-state index contributed by atoms with van der Waals surface area (Å²) in [6.45, 7) is 1.82. The highest BCUT2D eigenvalue weighted by atomic mass is 35.5. The van der Waals surface area contributed by atoms with Crippen molar-refractivity contribution in [2.24, 2.45) is 5.73 Å². The summed E-state index contributed by atoms with van der Waals surface area (Å²) in [7, 11) is 0. The number of nitrogens with zero attached hydrogens (tertiary/aromatic N) is 2. The van der Waals surface area contributed by atoms with E-state index in [2.05, 4.69) is 0 Å². The van der Waals surface area contributed by atoms with Gasteiger partial charge in [0.2, 0.25) is 5.91 Å². The molecule has 0 aliphatic carbocycles. The Bertz CT molecular complexity index is 202. The molecule has 1 fully saturated rings. The summed E-state index contributed by atoms with van der Waals surface area (Å²) in [5.41, 5.74) is 5.19. The quantitative estimate of drug-likeness (QED) is 0.803. The van der Waals surface area contributed by atoms with Crippen LogP contribution in [0.2, 0.25) is 0 Å². The fourth-order valence-electron chi connectivity index (χ4n) is 1.50. The lowest BCUT2D eigenvalue weighted by atomic mass is 10.3. The first kappa shape index (κ1) is 18.2. The van der Waals surface area contributed by atoms with Crippen LogP contribution < -0.4 is 5.73 Å². The van der Waals surface area contributed by atoms with Crippen molar-refractivity contribution in [1.82, 2.24) is 9.80 Å². The van der Waals surface area contributed by atoms with Gasteiger partial charge in [0.1, 0.15) is 0 Å². The molecule has 0 atom stereocenters. The van der Waals surface area contributed by atoms with Crippen molar-refractivity contribution in [3.8, 4) is 0 Å². The van der Waals surface area contributed by atoms with Gasteiger partial charge in [0.15, 0.2) is 0 Å². The average Bonchev–Trinajstić information content (AvgIpc) is 2.17. The van der Waals surface area contributed by atoms with Crippen molar-refractivity contribution in [2.45, 2.75) is 6.43 Å². The lowest BCUT2D eigenvalue weighted by molar-refractivity contribution is -0.131. The molecular weight excluding hydrogens is 263 g/mol. The lowest BCUT2D eigenvalue weighted by Crippen LogP contribution is -2.51. The minimum atomic E-state index is -2.30. The summed E-state index contributed by atoms with van der Waals surface area (Å²) >= 11 is 0. The molecule has 1 aliphatic rings. The van der Waals surface area contributed by atoms with Crippen molar-refractivity contribution in [1.29, 1.82) is 0 Å². The van der Waals surface area contributed by atoms with Crippen molar-refractivity contribution in [3.05, 3.63) is 0 Å². The molecule has 1 aliphatic heterocycles. The number of nitrogens with two attached hydrogens (primary N) is 1. The first-order chi connectivity index (χ1) is 6.63. The number of rotatable bonds is 3. The summed E-state index contributed by atoms with van der Waals surface area (Å²) < 4.78 is 24.0. The molecule has 0 bridgehead atoms. The molecule has 2 N–H and O–H groups in total. The van der Waals surface area contributed by atoms with E-state index >= 15 is 0 Å². The molecule has 1 amide bonds. The highest BCUT2D eigenvalue weighted by Crippen LogP contribution is 2.04. The monoisotopic (exact) mass is 279 g/mol. The number of amides is 1. The third-order valence-corrected chi connectivity index (χ3v) is 2.30. The minimum absolute atomic E-state index is 0. The molecule has 0 aromatic rings. The fraction of sp³-hybridized carbons (Fsp3) is 0.875. The topological polar surface area (TPSA) is 49.6 Å². The van der Waals surface area contributed by atoms with E-state index in [-0.39, 0.29) is 43.8 Å². The van der Waals surface area contributed by atoms with E-state index in [0.29, 0.717) is 26.2 Å². The normalized spacial score (nSPS) is 16.6. The van der Waals surface area contributed by atoms with Gasteiger partial charge in [-0.15, -0.1) is 24.8 Å². The summed E-state index contributed by atoms with van der Waals surface area (Å²) in [5.74, 6) is -0.110. The third kappa shape index (κ3) is 5.79. The standard InChI is InChI=1S/C8H15F2N3O.2ClH/c9-7(10)6-12-1-3-13(4-2-12)8(14)5-11;;/h7H,1-6,11H2;2*1H. The van der Waals surface area contributed by atoms with Gasteiger partial charge in [-0.2, -0.15) is 0 Å². The summed E-state index contributed by atoms with van der Waals surface area (Å²) in [6, 6.07) is 0. The zero-order valence-corrected chi connectivity index (χ0v) is 10.4. The van der Waals surface area contributed by atoms with Crippen molar-refractivity contribution in [2.75, 3.05) is 39.3 Å². The molecule has 0 radical (unpaired) electrons. The van der Waals surface area contributed by atoms with E-state index in [1.54, 1.807) is 9.80 Å². The molecule has 98 valence electrons. The van der Waals surface area contributed by atoms with Crippen molar-refractivity contribution < 1.29 is 13.6 Å². The molecule has 4 nitrogen and oxygen atoms in total. The predicted molar refractivity (Wildman–Crippen MR) is 62.6 cm³/mol. The van der Waals surface area contributed by atoms with E-state index in [0.717, 1.165) is 0 Å². The highest BCUT2D eigenvalue weighted by molar-refractivity contribution is 5.85. The summed E-state index contributed by atoms with van der Waals surface area (Å²) in [4.78, 5) is 14.4. The van der Waals surface area contributed by atoms with Crippen LogP contribution in [-0.4, -0.2) is 61.4 Å². The van der Waals surface area contributed by atoms with Gasteiger partial charge in [0, 0.05) is 26.2 Å². The molecular formula is C8H17Cl2F2N3O. The Balaban J connectivity index is 0. The van der Waals surface area contributed by atoms with Crippen LogP contribution in [-0.2, 0) is 4.79 Å². The molecule has 0 unspecified atom stereocenters. The van der Waals surface area contributed by atoms with Gasteiger partial charge in [0.05, 0.1) is 13.1 Å². The maximum atomic E-state index is 12.0. The highest BCUT2D eigenvalue weighted by Gasteiger charge is 2.21. The smallest absolute Gasteiger partial charge is 0.251 e. The second-order valence-corrected chi connectivity index (χ2v) is 3.28. The molecule has 1 rings (SSSR count). The number of alkyl halides is 2. The predicted octanol–water partition coefficient (Wildman–Crippen LogP) is 0.198. The second-order valence-electron chi connectivity index (χ2n) is 3.28. The average molecular weight is 280 g/mol. The maximum absolute atomic E-state index is 12.0. The van der Waals surface area contributed by atoms with Crippen LogP contribution in [0.1, 0.15) is 0 Å². The molecule has 0 aromatic carbocycles. The van der Waals surface area contributed by atoms with Crippen LogP contribution in [0.15, 0.2) is 0 Å². The van der Waals surface area contributed by atoms with Gasteiger partial charge in [-0.05, 0) is 0 Å². The van der Waals surface area contributed by atoms with E-state index in [1.807, 2.05) is 0 Å². The Kier molecular flexibility index (Phi) is 10.2. The summed E-state index contributed by atoms with van der Waals surface area (Å²) in [6.07, 6.45) is -2.30. The second kappa shape index (κ2) is 8.92. The largest absolute Gasteiger partial charge is 0.339 e. The van der Waals surface area contributed by atoms with Crippen molar-refractivity contribution in [3.63, 3.8) is 0 Å². The van der Waals surface area contributed by atoms with Crippen LogP contribution in [0.3, 0.4) is 0 Å². The Labute approximate surface area is 106 Å². The van der Waals surface area contributed by atoms with Crippen LogP contribution in [0.4, 0.5) is 8.78 Å². The van der Waals surface area contributed by atoms with Crippen LogP contribution in [0, 0.1) is 0 Å². The van der Waals surface area contributed by atoms with E-state index in [4.69, 9.17) is 5.73 Å². The molecule has 1 heterocycles. The number of carbonyl (C=O) groups excluding carboxylic acids is 1. The Morgan fingerprint density at radius 1 is 1.19 bits per heavy atom. The molecule has 0 spiro atoms. The third-order valence-electron chi connectivity index (χ3n) is 2.30. The van der Waals surface area contributed by atoms with Gasteiger partial charge in [0.25, 0.3) is 6.43 Å². The van der Waals surface area contributed by atoms with Gasteiger partial charge in [-0.25, -0.2) is 8.78 Å². The first-order valence-electron chi connectivity index (χ1n) is 4.62. The number of hydrogen-bond acceptors (Lipinski definition) is 3. The Morgan fingerprint density at radius 3 is 2.06 bits per heavy atom. The Hall–Kier alpha value is -0.170. The van der Waals surface area contributed by atoms with Gasteiger partial charge in [-0.1, -0.05) is 0 Å². The minimum Gasteiger partial charge on any atom is -0.339 e. The van der Waals surface area contributed by atoms with Crippen LogP contribution in [0.5, 0.6) is 0 Å². The first-order valence-corrected chi connectivity index (χ1v) is 4.62. The van der Waals surface area contributed by atoms with Crippen molar-refractivity contribution >= 4 is 30.7 Å². The van der Waals surface area contributed by atoms with E-state index in [1.165, 1.54) is 0 Å². The maximum Gasteiger partial charge on any atom is 0.251 e. The Morgan fingerprint density at radius 2 is 1.69 bits per heavy atom. The summed E-state index contributed by atoms with van der Waals surface area (Å²) in [5, 5.41) is 0. The number of piperazine rings is 1. The lowest BCUT2D eigenvalue weighted by Gasteiger charge is -2.34. The molecule has 0 aromatic heterocycles.